The largest absolute Gasteiger partial charge is 0.431 e. The molecule has 2 nitrogen and oxygen atoms in total. The maximum absolute atomic E-state index is 13.2. The number of aromatic amines is 1. The van der Waals surface area contributed by atoms with Gasteiger partial charge in [-0.05, 0) is 19.1 Å². The van der Waals surface area contributed by atoms with Gasteiger partial charge in [0.15, 0.2) is 5.43 Å². The zero-order chi connectivity index (χ0) is 13.7. The van der Waals surface area contributed by atoms with E-state index in [9.17, 15) is 22.4 Å². The number of aromatic nitrogens is 1. The average molecular weight is 280 g/mol. The number of halogens is 5. The summed E-state index contributed by atoms with van der Waals surface area (Å²) in [6.45, 7) is 1.05. The van der Waals surface area contributed by atoms with E-state index in [1.165, 1.54) is 0 Å². The topological polar surface area (TPSA) is 32.9 Å². The predicted molar refractivity (Wildman–Crippen MR) is 59.3 cm³/mol. The number of rotatable bonds is 0. The minimum absolute atomic E-state index is 0.0769. The van der Waals surface area contributed by atoms with E-state index in [1.54, 1.807) is 0 Å². The van der Waals surface area contributed by atoms with Crippen LogP contribution in [0, 0.1) is 12.7 Å². The number of hydrogen-bond donors (Lipinski definition) is 1. The highest BCUT2D eigenvalue weighted by molar-refractivity contribution is 6.31. The Morgan fingerprint density at radius 3 is 2.44 bits per heavy atom. The molecule has 0 amide bonds. The Morgan fingerprint density at radius 1 is 1.28 bits per heavy atom. The van der Waals surface area contributed by atoms with Crippen molar-refractivity contribution in [1.82, 2.24) is 4.98 Å². The van der Waals surface area contributed by atoms with E-state index in [4.69, 9.17) is 11.6 Å². The molecule has 2 aromatic rings. The molecule has 1 aromatic heterocycles. The number of hydrogen-bond acceptors (Lipinski definition) is 1. The van der Waals surface area contributed by atoms with Gasteiger partial charge in [0, 0.05) is 10.9 Å². The number of alkyl halides is 3. The monoisotopic (exact) mass is 279 g/mol. The van der Waals surface area contributed by atoms with Gasteiger partial charge in [-0.25, -0.2) is 4.39 Å². The van der Waals surface area contributed by atoms with Gasteiger partial charge in [-0.1, -0.05) is 11.6 Å². The van der Waals surface area contributed by atoms with Crippen LogP contribution < -0.4 is 5.43 Å². The third kappa shape index (κ3) is 1.96. The molecule has 0 saturated heterocycles. The minimum atomic E-state index is -4.70. The second-order valence-electron chi connectivity index (χ2n) is 3.76. The quantitative estimate of drug-likeness (QED) is 0.734. The van der Waals surface area contributed by atoms with Crippen LogP contribution in [-0.2, 0) is 6.18 Å². The van der Waals surface area contributed by atoms with Crippen molar-refractivity contribution >= 4 is 22.5 Å². The fourth-order valence-corrected chi connectivity index (χ4v) is 1.83. The number of pyridine rings is 1. The summed E-state index contributed by atoms with van der Waals surface area (Å²) in [6, 6.07) is 1.78. The van der Waals surface area contributed by atoms with Gasteiger partial charge in [-0.3, -0.25) is 4.79 Å². The summed E-state index contributed by atoms with van der Waals surface area (Å²) >= 11 is 5.49. The van der Waals surface area contributed by atoms with Crippen LogP contribution in [0.15, 0.2) is 16.9 Å². The van der Waals surface area contributed by atoms with E-state index in [0.29, 0.717) is 0 Å². The smallest absolute Gasteiger partial charge is 0.350 e. The van der Waals surface area contributed by atoms with Gasteiger partial charge in [0.2, 0.25) is 0 Å². The third-order valence-corrected chi connectivity index (χ3v) is 2.85. The maximum Gasteiger partial charge on any atom is 0.431 e. The maximum atomic E-state index is 13.2. The Morgan fingerprint density at radius 2 is 1.89 bits per heavy atom. The van der Waals surface area contributed by atoms with E-state index in [-0.39, 0.29) is 15.9 Å². The van der Waals surface area contributed by atoms with Gasteiger partial charge in [0.25, 0.3) is 0 Å². The Hall–Kier alpha value is -1.56. The number of fused-ring (bicyclic) bond motifs is 1. The van der Waals surface area contributed by atoms with Gasteiger partial charge >= 0.3 is 6.18 Å². The van der Waals surface area contributed by atoms with Crippen molar-refractivity contribution in [2.45, 2.75) is 13.1 Å². The fraction of sp³-hybridized carbons (Fsp3) is 0.182. The number of nitrogens with one attached hydrogen (secondary N) is 1. The summed E-state index contributed by atoms with van der Waals surface area (Å²) in [6.07, 6.45) is -4.70. The predicted octanol–water partition coefficient (Wildman–Crippen LogP) is 3.65. The lowest BCUT2D eigenvalue weighted by atomic mass is 10.1. The van der Waals surface area contributed by atoms with Gasteiger partial charge in [0.1, 0.15) is 11.5 Å². The fourth-order valence-electron chi connectivity index (χ4n) is 1.67. The summed E-state index contributed by atoms with van der Waals surface area (Å²) < 4.78 is 51.1. The molecular weight excluding hydrogens is 274 g/mol. The molecule has 7 heteroatoms. The first kappa shape index (κ1) is 12.9. The van der Waals surface area contributed by atoms with Gasteiger partial charge in [0.05, 0.1) is 10.5 Å². The SMILES string of the molecule is Cc1c(C(F)(F)F)[nH]c2cc(F)c(Cl)cc2c1=O. The van der Waals surface area contributed by atoms with Crippen LogP contribution in [0.1, 0.15) is 11.3 Å². The lowest BCUT2D eigenvalue weighted by molar-refractivity contribution is -0.141. The Balaban J connectivity index is 2.93. The van der Waals surface area contributed by atoms with E-state index in [1.807, 2.05) is 4.98 Å². The van der Waals surface area contributed by atoms with E-state index in [2.05, 4.69) is 0 Å². The molecule has 1 aromatic carbocycles. The Kier molecular flexibility index (Phi) is 2.85. The summed E-state index contributed by atoms with van der Waals surface area (Å²) in [5.41, 5.74) is -2.71. The molecule has 0 saturated carbocycles. The zero-order valence-electron chi connectivity index (χ0n) is 8.95. The molecule has 0 atom stereocenters. The molecule has 1 N–H and O–H groups in total. The van der Waals surface area contributed by atoms with Crippen molar-refractivity contribution in [2.24, 2.45) is 0 Å². The number of benzene rings is 1. The van der Waals surface area contributed by atoms with Crippen molar-refractivity contribution in [3.05, 3.63) is 44.5 Å². The molecule has 0 aliphatic heterocycles. The first-order valence-electron chi connectivity index (χ1n) is 4.80. The molecular formula is C11H6ClF4NO. The molecule has 0 bridgehead atoms. The lowest BCUT2D eigenvalue weighted by Gasteiger charge is -2.11. The minimum Gasteiger partial charge on any atom is -0.350 e. The van der Waals surface area contributed by atoms with Crippen LogP contribution in [-0.4, -0.2) is 4.98 Å². The molecule has 0 unspecified atom stereocenters. The van der Waals surface area contributed by atoms with Crippen LogP contribution in [0.5, 0.6) is 0 Å². The van der Waals surface area contributed by atoms with Crippen LogP contribution in [0.25, 0.3) is 10.9 Å². The second kappa shape index (κ2) is 3.98. The molecule has 0 radical (unpaired) electrons. The molecule has 0 aliphatic carbocycles. The van der Waals surface area contributed by atoms with Crippen LogP contribution >= 0.6 is 11.6 Å². The molecule has 0 aliphatic rings. The van der Waals surface area contributed by atoms with Crippen molar-refractivity contribution in [1.29, 1.82) is 0 Å². The highest BCUT2D eigenvalue weighted by Crippen LogP contribution is 2.31. The first-order chi connectivity index (χ1) is 8.21. The van der Waals surface area contributed by atoms with Crippen molar-refractivity contribution in [3.8, 4) is 0 Å². The van der Waals surface area contributed by atoms with Crippen molar-refractivity contribution in [2.75, 3.05) is 0 Å². The third-order valence-electron chi connectivity index (χ3n) is 2.56. The standard InChI is InChI=1S/C11H6ClF4NO/c1-4-9(18)5-2-6(12)7(13)3-8(5)17-10(4)11(14,15)16/h2-3H,1H3,(H,17,18). The van der Waals surface area contributed by atoms with Crippen LogP contribution in [0.4, 0.5) is 17.6 Å². The highest BCUT2D eigenvalue weighted by atomic mass is 35.5. The van der Waals surface area contributed by atoms with Crippen LogP contribution in [0.3, 0.4) is 0 Å². The normalized spacial score (nSPS) is 12.1. The highest BCUT2D eigenvalue weighted by Gasteiger charge is 2.35. The molecule has 0 spiro atoms. The summed E-state index contributed by atoms with van der Waals surface area (Å²) in [4.78, 5) is 13.8. The van der Waals surface area contributed by atoms with Crippen molar-refractivity contribution in [3.63, 3.8) is 0 Å². The summed E-state index contributed by atoms with van der Waals surface area (Å²) in [5, 5.41) is -0.390. The summed E-state index contributed by atoms with van der Waals surface area (Å²) in [5.74, 6) is -0.892. The molecule has 96 valence electrons. The Bertz CT molecular complexity index is 690. The zero-order valence-corrected chi connectivity index (χ0v) is 9.71. The molecule has 2 rings (SSSR count). The number of H-pyrrole nitrogens is 1. The summed E-state index contributed by atoms with van der Waals surface area (Å²) in [7, 11) is 0. The van der Waals surface area contributed by atoms with Gasteiger partial charge < -0.3 is 4.98 Å². The van der Waals surface area contributed by atoms with Crippen molar-refractivity contribution < 1.29 is 17.6 Å². The average Bonchev–Trinajstić information content (AvgIpc) is 2.25. The van der Waals surface area contributed by atoms with E-state index in [0.717, 1.165) is 19.1 Å². The molecule has 18 heavy (non-hydrogen) atoms. The molecule has 0 fully saturated rings. The molecule has 1 heterocycles. The van der Waals surface area contributed by atoms with E-state index < -0.39 is 28.7 Å². The van der Waals surface area contributed by atoms with Gasteiger partial charge in [-0.2, -0.15) is 13.2 Å². The van der Waals surface area contributed by atoms with Crippen LogP contribution in [0.2, 0.25) is 5.02 Å². The second-order valence-corrected chi connectivity index (χ2v) is 4.17. The first-order valence-corrected chi connectivity index (χ1v) is 5.18. The van der Waals surface area contributed by atoms with Gasteiger partial charge in [-0.15, -0.1) is 0 Å². The van der Waals surface area contributed by atoms with E-state index >= 15 is 0 Å². The Labute approximate surface area is 103 Å². The lowest BCUT2D eigenvalue weighted by Crippen LogP contribution is -2.18.